The second-order valence-electron chi connectivity index (χ2n) is 31.0. The van der Waals surface area contributed by atoms with E-state index in [-0.39, 0.29) is 6.17 Å². The van der Waals surface area contributed by atoms with Gasteiger partial charge >= 0.3 is 0 Å². The third kappa shape index (κ3) is 8.66. The van der Waals surface area contributed by atoms with E-state index >= 15 is 0 Å². The Hall–Kier alpha value is -15.6. The van der Waals surface area contributed by atoms with E-state index in [2.05, 4.69) is 423 Å². The number of fused-ring (bicyclic) bond motifs is 28. The van der Waals surface area contributed by atoms with Gasteiger partial charge in [0, 0.05) is 115 Å². The van der Waals surface area contributed by atoms with Gasteiger partial charge in [-0.3, -0.25) is 13.7 Å². The first-order valence-corrected chi connectivity index (χ1v) is 39.9. The molecule has 2 aliphatic rings. The molecule has 0 radical (unpaired) electrons. The highest BCUT2D eigenvalue weighted by molar-refractivity contribution is 6.31. The van der Waals surface area contributed by atoms with Crippen LogP contribution < -0.4 is 10.6 Å². The summed E-state index contributed by atoms with van der Waals surface area (Å²) in [5, 5.41) is 27.1. The van der Waals surface area contributed by atoms with Gasteiger partial charge in [-0.05, 0) is 132 Å². The Balaban J connectivity index is 0.657. The fraction of sp³-hybridized carbons (Fsp3) is 0.0190. The summed E-state index contributed by atoms with van der Waals surface area (Å²) in [5.74, 6) is 2.79. The van der Waals surface area contributed by atoms with Crippen LogP contribution in [-0.2, 0) is 0 Å². The first-order valence-electron chi connectivity index (χ1n) is 39.9. The number of dihydropyridines is 1. The Kier molecular flexibility index (Phi) is 13.0. The van der Waals surface area contributed by atoms with Crippen molar-refractivity contribution in [1.82, 2.24) is 47.2 Å². The molecule has 24 aromatic rings. The van der Waals surface area contributed by atoms with Crippen molar-refractivity contribution in [1.29, 1.82) is 0 Å². The van der Waals surface area contributed by atoms with E-state index in [9.17, 15) is 0 Å². The lowest BCUT2D eigenvalue weighted by atomic mass is 10.00. The molecule has 0 fully saturated rings. The fourth-order valence-electron chi connectivity index (χ4n) is 20.4. The van der Waals surface area contributed by atoms with Gasteiger partial charge in [0.25, 0.3) is 0 Å². The molecule has 2 N–H and O–H groups in total. The van der Waals surface area contributed by atoms with Crippen LogP contribution in [0.2, 0.25) is 0 Å². The summed E-state index contributed by atoms with van der Waals surface area (Å²) in [6.45, 7) is 0.371. The fourth-order valence-corrected chi connectivity index (χ4v) is 20.4. The predicted octanol–water partition coefficient (Wildman–Crippen LogP) is 25.6. The first kappa shape index (κ1) is 63.1. The number of hydrogen-bond donors (Lipinski definition) is 2. The summed E-state index contributed by atoms with van der Waals surface area (Å²) < 4.78 is 19.9. The summed E-state index contributed by atoms with van der Waals surface area (Å²) in [7, 11) is 0. The first-order chi connectivity index (χ1) is 57.6. The van der Waals surface area contributed by atoms with E-state index < -0.39 is 0 Å². The number of nitrogens with one attached hydrogen (secondary N) is 2. The molecule has 1 atom stereocenters. The lowest BCUT2D eigenvalue weighted by molar-refractivity contribution is 0.577. The highest BCUT2D eigenvalue weighted by atomic mass is 15.3. The van der Waals surface area contributed by atoms with Crippen molar-refractivity contribution in [3.8, 4) is 33.9 Å². The highest BCUT2D eigenvalue weighted by Gasteiger charge is 2.31. The van der Waals surface area contributed by atoms with E-state index in [1.165, 1.54) is 81.2 Å². The smallest absolute Gasteiger partial charge is 0.138 e. The van der Waals surface area contributed by atoms with Gasteiger partial charge in [-0.25, -0.2) is 4.99 Å². The molecule has 11 nitrogen and oxygen atoms in total. The van der Waals surface area contributed by atoms with Crippen LogP contribution >= 0.6 is 0 Å². The monoisotopic (exact) mass is 1480 g/mol. The van der Waals surface area contributed by atoms with Gasteiger partial charge in [-0.15, -0.1) is 0 Å². The van der Waals surface area contributed by atoms with Crippen molar-refractivity contribution in [2.45, 2.75) is 6.17 Å². The molecule has 0 aliphatic carbocycles. The second-order valence-corrected chi connectivity index (χ2v) is 31.0. The quantitative estimate of drug-likeness (QED) is 0.159. The van der Waals surface area contributed by atoms with Crippen LogP contribution in [0.15, 0.2) is 381 Å². The lowest BCUT2D eigenvalue weighted by Crippen LogP contribution is -2.28. The molecule has 116 heavy (non-hydrogen) atoms. The van der Waals surface area contributed by atoms with Gasteiger partial charge in [-0.2, -0.15) is 0 Å². The molecule has 0 amide bonds. The second kappa shape index (κ2) is 24.0. The van der Waals surface area contributed by atoms with Crippen LogP contribution in [0.3, 0.4) is 0 Å². The van der Waals surface area contributed by atoms with Crippen LogP contribution in [0.25, 0.3) is 220 Å². The average molecular weight is 1480 g/mol. The predicted molar refractivity (Wildman–Crippen MR) is 485 cm³/mol. The molecule has 542 valence electrons. The van der Waals surface area contributed by atoms with Crippen molar-refractivity contribution < 1.29 is 0 Å². The van der Waals surface area contributed by atoms with Gasteiger partial charge in [0.05, 0.1) is 88.3 Å². The Morgan fingerprint density at radius 3 is 0.940 bits per heavy atom. The maximum absolute atomic E-state index is 5.50. The van der Waals surface area contributed by atoms with E-state index in [4.69, 9.17) is 4.99 Å². The maximum atomic E-state index is 5.50. The zero-order chi connectivity index (χ0) is 75.5. The van der Waals surface area contributed by atoms with Crippen LogP contribution in [0, 0.1) is 0 Å². The minimum atomic E-state index is -0.302. The summed E-state index contributed by atoms with van der Waals surface area (Å²) in [5.41, 5.74) is 24.9. The highest BCUT2D eigenvalue weighted by Crippen LogP contribution is 2.49. The van der Waals surface area contributed by atoms with Gasteiger partial charge in [0.2, 0.25) is 0 Å². The molecule has 10 heterocycles. The minimum Gasteiger partial charge on any atom is -0.352 e. The van der Waals surface area contributed by atoms with Crippen molar-refractivity contribution >= 4 is 192 Å². The van der Waals surface area contributed by atoms with Gasteiger partial charge in [0.1, 0.15) is 30.3 Å². The molecule has 26 rings (SSSR count). The number of nitrogens with zero attached hydrogens (tertiary/aromatic N) is 9. The zero-order valence-electron chi connectivity index (χ0n) is 62.6. The normalized spacial score (nSPS) is 14.2. The Bertz CT molecular complexity index is 8540. The Morgan fingerprint density at radius 2 is 0.534 bits per heavy atom. The molecule has 11 heteroatoms. The Morgan fingerprint density at radius 1 is 0.241 bits per heavy atom. The molecule has 0 saturated heterocycles. The van der Waals surface area contributed by atoms with Crippen molar-refractivity contribution in [3.63, 3.8) is 0 Å². The summed E-state index contributed by atoms with van der Waals surface area (Å²) in [6.07, 6.45) is 8.82. The number of hydrogen-bond acceptors (Lipinski definition) is 3. The van der Waals surface area contributed by atoms with Crippen molar-refractivity contribution in [3.05, 3.63) is 376 Å². The lowest BCUT2D eigenvalue weighted by Gasteiger charge is -2.27. The molecule has 0 spiro atoms. The minimum absolute atomic E-state index is 0.302. The molecular weight excluding hydrogens is 1420 g/mol. The molecule has 1 unspecified atom stereocenters. The summed E-state index contributed by atoms with van der Waals surface area (Å²) in [6, 6.07) is 130. The van der Waals surface area contributed by atoms with Crippen molar-refractivity contribution in [2.24, 2.45) is 4.99 Å². The van der Waals surface area contributed by atoms with Gasteiger partial charge in [0.15, 0.2) is 0 Å². The van der Waals surface area contributed by atoms with E-state index in [0.29, 0.717) is 6.67 Å². The standard InChI is InChI=1S/C105H67N11/c1-5-26-66(27-6-1)109-86-40-19-13-34-70(86)76-50-52-78-72-36-15-21-42-88(72)113(102(78)98(76)109)94-46-25-47-95(108-94)114-89-43-22-16-37-73(89)79-54-56-82-84-60-64(48-58-92(84)111(100(82)103(79)114)68-30-9-3-10-31-68)65-49-59-93-85(61-65)83-57-55-81-75-39-18-24-45-91(75)116(105(81)101(83)112(93)69-32-11-4-12-33-69)97-62-96(106-63-107-97)115-90-44-23-17-38-74(90)80-53-51-77-71-35-14-20-41-87(71)110(99(77)104(80)115)67-28-7-2-8-29-67/h1-62,95,106,108H,63H2. The summed E-state index contributed by atoms with van der Waals surface area (Å²) >= 11 is 0. The van der Waals surface area contributed by atoms with Crippen molar-refractivity contribution in [2.75, 3.05) is 6.67 Å². The maximum Gasteiger partial charge on any atom is 0.138 e. The number of aliphatic imine (C=N–C) groups is 1. The van der Waals surface area contributed by atoms with Crippen LogP contribution in [0.1, 0.15) is 6.17 Å². The third-order valence-corrected chi connectivity index (χ3v) is 25.1. The largest absolute Gasteiger partial charge is 0.352 e. The molecule has 2 aliphatic heterocycles. The zero-order valence-corrected chi connectivity index (χ0v) is 62.6. The average Bonchev–Trinajstić information content (AvgIpc) is 1.55. The van der Waals surface area contributed by atoms with Crippen LogP contribution in [0.5, 0.6) is 0 Å². The molecule has 0 bridgehead atoms. The Labute approximate surface area is 662 Å². The van der Waals surface area contributed by atoms with Crippen LogP contribution in [0.4, 0.5) is 0 Å². The van der Waals surface area contributed by atoms with E-state index in [1.807, 2.05) is 0 Å². The number of allylic oxidation sites excluding steroid dienone is 3. The topological polar surface area (TPSA) is 75.9 Å². The number of para-hydroxylation sites is 10. The van der Waals surface area contributed by atoms with Gasteiger partial charge < -0.3 is 33.5 Å². The SMILES string of the molecule is C1=CC(n2c3ccccc3c3ccc4c5cc(-c6ccc7c(c6)c6ccc8c9ccccc9n(C9=NCNC(n%10c%11ccccc%11c%11ccc%12c%13ccccc%13n(-c%13ccccc%13)c%12c%11%10)=C9)c8c6n7-c6ccccc6)ccc5n(-c5ccccc5)c4c32)NC(n2c3ccccc3c3ccc4c5ccccc5n(-c5ccccc5)c4c32)=C1. The summed E-state index contributed by atoms with van der Waals surface area (Å²) in [4.78, 5) is 5.50. The van der Waals surface area contributed by atoms with Gasteiger partial charge in [-0.1, -0.05) is 249 Å². The van der Waals surface area contributed by atoms with Crippen LogP contribution in [-0.4, -0.2) is 49.0 Å². The molecule has 16 aromatic carbocycles. The molecule has 0 saturated carbocycles. The van der Waals surface area contributed by atoms with E-state index in [0.717, 1.165) is 145 Å². The van der Waals surface area contributed by atoms with E-state index in [1.54, 1.807) is 0 Å². The molecule has 8 aromatic heterocycles. The molecular formula is C105H67N11. The third-order valence-electron chi connectivity index (χ3n) is 25.1. The number of benzene rings is 16. The number of rotatable bonds is 8. The number of aromatic nitrogens is 8.